The molecule has 3 N–H and O–H groups in total. The van der Waals surface area contributed by atoms with Gasteiger partial charge in [-0.25, -0.2) is 0 Å². The molecule has 0 spiro atoms. The van der Waals surface area contributed by atoms with Crippen LogP contribution >= 0.6 is 0 Å². The van der Waals surface area contributed by atoms with E-state index < -0.39 is 0 Å². The summed E-state index contributed by atoms with van der Waals surface area (Å²) in [6, 6.07) is 10.7. The molecule has 0 aromatic heterocycles. The highest BCUT2D eigenvalue weighted by Crippen LogP contribution is 2.08. The first kappa shape index (κ1) is 14.0. The van der Waals surface area contributed by atoms with Crippen molar-refractivity contribution < 1.29 is 0 Å². The number of nitrogens with one attached hydrogen (secondary N) is 1. The van der Waals surface area contributed by atoms with Gasteiger partial charge in [-0.1, -0.05) is 48.6 Å². The molecule has 2 rings (SSSR count). The van der Waals surface area contributed by atoms with Gasteiger partial charge in [0.05, 0.1) is 0 Å². The lowest BCUT2D eigenvalue weighted by Gasteiger charge is -2.13. The molecule has 102 valence electrons. The highest BCUT2D eigenvalue weighted by molar-refractivity contribution is 5.23. The second kappa shape index (κ2) is 7.93. The predicted octanol–water partition coefficient (Wildman–Crippen LogP) is 2.81. The van der Waals surface area contributed by atoms with Crippen LogP contribution in [0.2, 0.25) is 0 Å². The summed E-state index contributed by atoms with van der Waals surface area (Å²) < 4.78 is 0. The van der Waals surface area contributed by atoms with Gasteiger partial charge in [-0.2, -0.15) is 0 Å². The van der Waals surface area contributed by atoms with Crippen LogP contribution in [0.25, 0.3) is 0 Å². The summed E-state index contributed by atoms with van der Waals surface area (Å²) in [5.74, 6) is 0. The summed E-state index contributed by atoms with van der Waals surface area (Å²) in [6.07, 6.45) is 11.1. The molecule has 1 aliphatic rings. The Bertz CT molecular complexity index is 420. The molecule has 0 unspecified atom stereocenters. The first-order chi connectivity index (χ1) is 9.34. The summed E-state index contributed by atoms with van der Waals surface area (Å²) >= 11 is 0. The number of allylic oxidation sites excluding steroid dienone is 2. The van der Waals surface area contributed by atoms with E-state index in [4.69, 9.17) is 5.73 Å². The topological polar surface area (TPSA) is 38.0 Å². The minimum absolute atomic E-state index is 0.241. The van der Waals surface area contributed by atoms with Gasteiger partial charge >= 0.3 is 0 Å². The molecule has 0 saturated carbocycles. The van der Waals surface area contributed by atoms with Crippen molar-refractivity contribution in [3.05, 3.63) is 59.7 Å². The zero-order valence-corrected chi connectivity index (χ0v) is 11.5. The van der Waals surface area contributed by atoms with Crippen molar-refractivity contribution in [1.29, 1.82) is 0 Å². The lowest BCUT2D eigenvalue weighted by Crippen LogP contribution is -2.29. The van der Waals surface area contributed by atoms with Gasteiger partial charge in [0.1, 0.15) is 0 Å². The highest BCUT2D eigenvalue weighted by Gasteiger charge is 2.04. The molecular weight excluding hydrogens is 232 g/mol. The van der Waals surface area contributed by atoms with Crippen molar-refractivity contribution in [2.75, 3.05) is 13.1 Å². The van der Waals surface area contributed by atoms with Crippen molar-refractivity contribution in [3.8, 4) is 0 Å². The van der Waals surface area contributed by atoms with Crippen molar-refractivity contribution >= 4 is 0 Å². The van der Waals surface area contributed by atoms with Gasteiger partial charge in [0, 0.05) is 12.6 Å². The summed E-state index contributed by atoms with van der Waals surface area (Å²) in [7, 11) is 0. The largest absolute Gasteiger partial charge is 0.327 e. The summed E-state index contributed by atoms with van der Waals surface area (Å²) in [5.41, 5.74) is 8.89. The molecule has 0 radical (unpaired) electrons. The van der Waals surface area contributed by atoms with Gasteiger partial charge < -0.3 is 11.1 Å². The minimum Gasteiger partial charge on any atom is -0.327 e. The molecule has 0 fully saturated rings. The molecule has 0 bridgehead atoms. The third-order valence-corrected chi connectivity index (χ3v) is 3.43. The average molecular weight is 256 g/mol. The van der Waals surface area contributed by atoms with E-state index in [1.807, 2.05) is 6.07 Å². The first-order valence-electron chi connectivity index (χ1n) is 7.20. The van der Waals surface area contributed by atoms with Crippen molar-refractivity contribution in [1.82, 2.24) is 5.32 Å². The van der Waals surface area contributed by atoms with E-state index in [1.54, 1.807) is 0 Å². The van der Waals surface area contributed by atoms with Crippen LogP contribution in [0.5, 0.6) is 0 Å². The summed E-state index contributed by atoms with van der Waals surface area (Å²) in [4.78, 5) is 0. The van der Waals surface area contributed by atoms with Crippen LogP contribution in [0.1, 0.15) is 24.8 Å². The maximum Gasteiger partial charge on any atom is 0.0202 e. The number of benzene rings is 1. The van der Waals surface area contributed by atoms with Crippen LogP contribution in [-0.4, -0.2) is 19.1 Å². The van der Waals surface area contributed by atoms with Crippen molar-refractivity contribution in [2.45, 2.75) is 31.7 Å². The van der Waals surface area contributed by atoms with E-state index in [0.717, 1.165) is 25.9 Å². The Morgan fingerprint density at radius 2 is 2.00 bits per heavy atom. The Labute approximate surface area is 116 Å². The lowest BCUT2D eigenvalue weighted by atomic mass is 10.0. The maximum atomic E-state index is 6.16. The minimum atomic E-state index is 0.241. The Kier molecular flexibility index (Phi) is 5.86. The SMILES string of the molecule is N[C@H](CCNCC1=CCCC=C1)Cc1ccccc1. The van der Waals surface area contributed by atoms with Crippen molar-refractivity contribution in [2.24, 2.45) is 5.73 Å². The standard InChI is InChI=1S/C17H24N2/c18-17(13-15-7-3-1-4-8-15)11-12-19-14-16-9-5-2-6-10-16/h1,3-5,7-10,17,19H,2,6,11-14,18H2/t17-/m1/s1. The molecular formula is C17H24N2. The normalized spacial score (nSPS) is 16.2. The van der Waals surface area contributed by atoms with E-state index in [0.29, 0.717) is 0 Å². The maximum absolute atomic E-state index is 6.16. The molecule has 1 aromatic rings. The second-order valence-electron chi connectivity index (χ2n) is 5.17. The first-order valence-corrected chi connectivity index (χ1v) is 7.20. The van der Waals surface area contributed by atoms with E-state index in [1.165, 1.54) is 24.0 Å². The smallest absolute Gasteiger partial charge is 0.0202 e. The number of hydrogen-bond donors (Lipinski definition) is 2. The zero-order valence-electron chi connectivity index (χ0n) is 11.5. The average Bonchev–Trinajstić information content (AvgIpc) is 2.46. The van der Waals surface area contributed by atoms with Crippen LogP contribution in [0.4, 0.5) is 0 Å². The Hall–Kier alpha value is -1.38. The zero-order chi connectivity index (χ0) is 13.3. The predicted molar refractivity (Wildman–Crippen MR) is 82.1 cm³/mol. The van der Waals surface area contributed by atoms with Gasteiger partial charge in [-0.05, 0) is 43.4 Å². The molecule has 2 heteroatoms. The molecule has 0 saturated heterocycles. The van der Waals surface area contributed by atoms with Gasteiger partial charge in [-0.15, -0.1) is 0 Å². The van der Waals surface area contributed by atoms with E-state index >= 15 is 0 Å². The Morgan fingerprint density at radius 1 is 1.16 bits per heavy atom. The summed E-state index contributed by atoms with van der Waals surface area (Å²) in [6.45, 7) is 1.95. The van der Waals surface area contributed by atoms with Crippen LogP contribution in [0.15, 0.2) is 54.1 Å². The summed E-state index contributed by atoms with van der Waals surface area (Å²) in [5, 5.41) is 3.47. The van der Waals surface area contributed by atoms with Crippen molar-refractivity contribution in [3.63, 3.8) is 0 Å². The van der Waals surface area contributed by atoms with Gasteiger partial charge in [0.15, 0.2) is 0 Å². The van der Waals surface area contributed by atoms with Crippen LogP contribution < -0.4 is 11.1 Å². The molecule has 1 aliphatic carbocycles. The quantitative estimate of drug-likeness (QED) is 0.736. The van der Waals surface area contributed by atoms with Crippen LogP contribution in [0, 0.1) is 0 Å². The number of hydrogen-bond acceptors (Lipinski definition) is 2. The molecule has 19 heavy (non-hydrogen) atoms. The lowest BCUT2D eigenvalue weighted by molar-refractivity contribution is 0.572. The van der Waals surface area contributed by atoms with Gasteiger partial charge in [-0.3, -0.25) is 0 Å². The van der Waals surface area contributed by atoms with Crippen LogP contribution in [0.3, 0.4) is 0 Å². The molecule has 0 heterocycles. The molecule has 1 atom stereocenters. The molecule has 2 nitrogen and oxygen atoms in total. The van der Waals surface area contributed by atoms with E-state index in [-0.39, 0.29) is 6.04 Å². The van der Waals surface area contributed by atoms with Gasteiger partial charge in [0.2, 0.25) is 0 Å². The van der Waals surface area contributed by atoms with Gasteiger partial charge in [0.25, 0.3) is 0 Å². The molecule has 0 aliphatic heterocycles. The third kappa shape index (κ3) is 5.41. The Morgan fingerprint density at radius 3 is 2.74 bits per heavy atom. The fraction of sp³-hybridized carbons (Fsp3) is 0.412. The fourth-order valence-corrected chi connectivity index (χ4v) is 2.34. The van der Waals surface area contributed by atoms with E-state index in [2.05, 4.69) is 47.8 Å². The monoisotopic (exact) mass is 256 g/mol. The molecule has 0 amide bonds. The fourth-order valence-electron chi connectivity index (χ4n) is 2.34. The number of rotatable bonds is 7. The van der Waals surface area contributed by atoms with E-state index in [9.17, 15) is 0 Å². The van der Waals surface area contributed by atoms with Crippen LogP contribution in [-0.2, 0) is 6.42 Å². The number of nitrogens with two attached hydrogens (primary N) is 1. The third-order valence-electron chi connectivity index (χ3n) is 3.43. The second-order valence-corrected chi connectivity index (χ2v) is 5.17. The molecule has 1 aromatic carbocycles. The Balaban J connectivity index is 1.60. The highest BCUT2D eigenvalue weighted by atomic mass is 14.9.